The van der Waals surface area contributed by atoms with Crippen molar-refractivity contribution in [1.82, 2.24) is 0 Å². The molecule has 5 heteroatoms. The summed E-state index contributed by atoms with van der Waals surface area (Å²) in [6.45, 7) is 0.330. The summed E-state index contributed by atoms with van der Waals surface area (Å²) in [5.41, 5.74) is 2.31. The third-order valence-electron chi connectivity index (χ3n) is 4.66. The van der Waals surface area contributed by atoms with Crippen LogP contribution in [0.25, 0.3) is 6.08 Å². The van der Waals surface area contributed by atoms with Gasteiger partial charge in [-0.05, 0) is 30.3 Å². The van der Waals surface area contributed by atoms with Gasteiger partial charge in [0.25, 0.3) is 0 Å². The van der Waals surface area contributed by atoms with E-state index < -0.39 is 0 Å². The molecule has 0 N–H and O–H groups in total. The number of benzene rings is 3. The van der Waals surface area contributed by atoms with Crippen molar-refractivity contribution in [2.24, 2.45) is 0 Å². The molecule has 0 amide bonds. The molecule has 0 radical (unpaired) electrons. The van der Waals surface area contributed by atoms with Crippen LogP contribution in [0.4, 0.5) is 0 Å². The Labute approximate surface area is 180 Å². The van der Waals surface area contributed by atoms with Gasteiger partial charge in [-0.25, -0.2) is 0 Å². The molecular formula is C25H19ClO4. The van der Waals surface area contributed by atoms with Gasteiger partial charge in [-0.3, -0.25) is 4.79 Å². The summed E-state index contributed by atoms with van der Waals surface area (Å²) in [7, 11) is 1.62. The maximum absolute atomic E-state index is 12.6. The molecule has 4 rings (SSSR count). The lowest BCUT2D eigenvalue weighted by Crippen LogP contribution is -1.97. The van der Waals surface area contributed by atoms with E-state index in [1.54, 1.807) is 37.5 Å². The maximum Gasteiger partial charge on any atom is 0.231 e. The van der Waals surface area contributed by atoms with Crippen molar-refractivity contribution in [3.05, 3.63) is 106 Å². The number of halogens is 1. The Morgan fingerprint density at radius 2 is 1.83 bits per heavy atom. The van der Waals surface area contributed by atoms with Crippen LogP contribution in [-0.2, 0) is 6.61 Å². The Morgan fingerprint density at radius 1 is 1.03 bits per heavy atom. The summed E-state index contributed by atoms with van der Waals surface area (Å²) in [5, 5.41) is 0.650. The fraction of sp³-hybridized carbons (Fsp3) is 0.0800. The van der Waals surface area contributed by atoms with Crippen LogP contribution in [0, 0.1) is 0 Å². The molecule has 1 heterocycles. The minimum Gasteiger partial charge on any atom is -0.496 e. The Morgan fingerprint density at radius 3 is 2.67 bits per heavy atom. The van der Waals surface area contributed by atoms with Gasteiger partial charge >= 0.3 is 0 Å². The number of rotatable bonds is 6. The summed E-state index contributed by atoms with van der Waals surface area (Å²) in [6, 6.07) is 20.3. The Balaban J connectivity index is 1.47. The number of fused-ring (bicyclic) bond motifs is 1. The maximum atomic E-state index is 12.6. The highest BCUT2D eigenvalue weighted by atomic mass is 35.5. The largest absolute Gasteiger partial charge is 0.496 e. The van der Waals surface area contributed by atoms with Gasteiger partial charge in [-0.15, -0.1) is 0 Å². The number of Topliss-reactive ketones (excluding diaryl/α,β-unsaturated/α-hetero) is 1. The van der Waals surface area contributed by atoms with E-state index in [1.807, 2.05) is 54.6 Å². The van der Waals surface area contributed by atoms with Crippen molar-refractivity contribution >= 4 is 23.5 Å². The number of carbonyl (C=O) groups excluding carboxylic acids is 1. The van der Waals surface area contributed by atoms with E-state index in [2.05, 4.69) is 0 Å². The Hall–Kier alpha value is -3.50. The predicted molar refractivity (Wildman–Crippen MR) is 117 cm³/mol. The molecule has 150 valence electrons. The van der Waals surface area contributed by atoms with Crippen LogP contribution in [0.2, 0.25) is 5.02 Å². The third-order valence-corrected chi connectivity index (χ3v) is 5.02. The lowest BCUT2D eigenvalue weighted by Gasteiger charge is -2.08. The minimum atomic E-state index is -0.160. The number of para-hydroxylation sites is 1. The standard InChI is InChI=1S/C25H19ClO4/c1-28-22-11-5-3-7-17(22)9-6-12-23-25(27)20-14-13-19(15-24(20)30-23)29-16-18-8-2-4-10-21(18)26/h2-15H,16H2,1H3/b9-6+,23-12-. The molecule has 0 unspecified atom stereocenters. The number of hydrogen-bond donors (Lipinski definition) is 0. The van der Waals surface area contributed by atoms with E-state index in [9.17, 15) is 4.79 Å². The molecular weight excluding hydrogens is 400 g/mol. The van der Waals surface area contributed by atoms with E-state index in [-0.39, 0.29) is 11.5 Å². The predicted octanol–water partition coefficient (Wildman–Crippen LogP) is 6.10. The third kappa shape index (κ3) is 4.24. The molecule has 1 aliphatic rings. The van der Waals surface area contributed by atoms with E-state index in [4.69, 9.17) is 25.8 Å². The second-order valence-electron chi connectivity index (χ2n) is 6.60. The average Bonchev–Trinajstić information content (AvgIpc) is 3.08. The van der Waals surface area contributed by atoms with Crippen LogP contribution in [0.1, 0.15) is 21.5 Å². The smallest absolute Gasteiger partial charge is 0.231 e. The molecule has 1 aliphatic heterocycles. The zero-order chi connectivity index (χ0) is 20.9. The van der Waals surface area contributed by atoms with Gasteiger partial charge in [0, 0.05) is 22.2 Å². The normalized spacial score (nSPS) is 14.1. The molecule has 30 heavy (non-hydrogen) atoms. The molecule has 0 fully saturated rings. The Bertz CT molecular complexity index is 1150. The number of carbonyl (C=O) groups is 1. The van der Waals surface area contributed by atoms with Crippen LogP contribution in [0.5, 0.6) is 17.2 Å². The first-order chi connectivity index (χ1) is 14.7. The molecule has 0 atom stereocenters. The first kappa shape index (κ1) is 19.8. The lowest BCUT2D eigenvalue weighted by atomic mass is 10.1. The van der Waals surface area contributed by atoms with Gasteiger partial charge in [-0.2, -0.15) is 0 Å². The summed E-state index contributed by atoms with van der Waals surface area (Å²) < 4.78 is 16.9. The zero-order valence-electron chi connectivity index (χ0n) is 16.3. The van der Waals surface area contributed by atoms with Gasteiger partial charge in [0.15, 0.2) is 5.76 Å². The second kappa shape index (κ2) is 8.89. The van der Waals surface area contributed by atoms with Crippen LogP contribution in [-0.4, -0.2) is 12.9 Å². The number of allylic oxidation sites excluding steroid dienone is 3. The van der Waals surface area contributed by atoms with Crippen molar-refractivity contribution in [2.75, 3.05) is 7.11 Å². The van der Waals surface area contributed by atoms with Crippen LogP contribution < -0.4 is 14.2 Å². The zero-order valence-corrected chi connectivity index (χ0v) is 17.1. The van der Waals surface area contributed by atoms with E-state index in [0.717, 1.165) is 16.9 Å². The molecule has 0 saturated carbocycles. The van der Waals surface area contributed by atoms with Gasteiger partial charge < -0.3 is 14.2 Å². The summed E-state index contributed by atoms with van der Waals surface area (Å²) in [6.07, 6.45) is 5.29. The molecule has 0 aliphatic carbocycles. The lowest BCUT2D eigenvalue weighted by molar-refractivity contribution is 0.101. The molecule has 0 bridgehead atoms. The number of hydrogen-bond acceptors (Lipinski definition) is 4. The first-order valence-electron chi connectivity index (χ1n) is 9.40. The SMILES string of the molecule is COc1ccccc1/C=C/C=C1\Oc2cc(OCc3ccccc3Cl)ccc2C1=O. The Kier molecular flexibility index (Phi) is 5.87. The van der Waals surface area contributed by atoms with Crippen molar-refractivity contribution in [3.8, 4) is 17.2 Å². The highest BCUT2D eigenvalue weighted by Crippen LogP contribution is 2.34. The monoisotopic (exact) mass is 418 g/mol. The van der Waals surface area contributed by atoms with Gasteiger partial charge in [0.2, 0.25) is 5.78 Å². The molecule has 3 aromatic carbocycles. The molecule has 3 aromatic rings. The topological polar surface area (TPSA) is 44.8 Å². The van der Waals surface area contributed by atoms with Gasteiger partial charge in [0.05, 0.1) is 12.7 Å². The minimum absolute atomic E-state index is 0.160. The fourth-order valence-electron chi connectivity index (χ4n) is 3.09. The first-order valence-corrected chi connectivity index (χ1v) is 9.77. The van der Waals surface area contributed by atoms with Crippen LogP contribution in [0.3, 0.4) is 0 Å². The summed E-state index contributed by atoms with van der Waals surface area (Å²) in [5.74, 6) is 1.95. The average molecular weight is 419 g/mol. The molecule has 0 aromatic heterocycles. The summed E-state index contributed by atoms with van der Waals surface area (Å²) >= 11 is 6.16. The van der Waals surface area contributed by atoms with Crippen molar-refractivity contribution in [2.45, 2.75) is 6.61 Å². The fourth-order valence-corrected chi connectivity index (χ4v) is 3.28. The number of methoxy groups -OCH3 is 1. The number of ether oxygens (including phenoxy) is 3. The number of ketones is 1. The van der Waals surface area contributed by atoms with Crippen molar-refractivity contribution < 1.29 is 19.0 Å². The summed E-state index contributed by atoms with van der Waals surface area (Å²) in [4.78, 5) is 12.6. The van der Waals surface area contributed by atoms with Crippen molar-refractivity contribution in [3.63, 3.8) is 0 Å². The second-order valence-corrected chi connectivity index (χ2v) is 7.01. The van der Waals surface area contributed by atoms with Crippen LogP contribution >= 0.6 is 11.6 Å². The molecule has 0 spiro atoms. The highest BCUT2D eigenvalue weighted by molar-refractivity contribution is 6.31. The van der Waals surface area contributed by atoms with Gasteiger partial charge in [0.1, 0.15) is 23.9 Å². The van der Waals surface area contributed by atoms with Crippen molar-refractivity contribution in [1.29, 1.82) is 0 Å². The quantitative estimate of drug-likeness (QED) is 0.454. The highest BCUT2D eigenvalue weighted by Gasteiger charge is 2.27. The van der Waals surface area contributed by atoms with E-state index in [1.165, 1.54) is 0 Å². The molecule has 0 saturated heterocycles. The van der Waals surface area contributed by atoms with E-state index >= 15 is 0 Å². The van der Waals surface area contributed by atoms with E-state index in [0.29, 0.717) is 28.7 Å². The van der Waals surface area contributed by atoms with Gasteiger partial charge in [-0.1, -0.05) is 60.2 Å². The van der Waals surface area contributed by atoms with Crippen LogP contribution in [0.15, 0.2) is 84.6 Å². The molecule has 4 nitrogen and oxygen atoms in total.